The van der Waals surface area contributed by atoms with Gasteiger partial charge in [-0.3, -0.25) is 0 Å². The fraction of sp³-hybridized carbons (Fsp3) is 0.235. The lowest BCUT2D eigenvalue weighted by Crippen LogP contribution is -2.34. The van der Waals surface area contributed by atoms with Crippen molar-refractivity contribution in [2.45, 2.75) is 25.3 Å². The molecule has 0 saturated carbocycles. The zero-order chi connectivity index (χ0) is 14.7. The Morgan fingerprint density at radius 3 is 2.67 bits per heavy atom. The van der Waals surface area contributed by atoms with Crippen LogP contribution in [-0.4, -0.2) is 5.11 Å². The molecule has 0 radical (unpaired) electrons. The first-order valence-electron chi connectivity index (χ1n) is 7.13. The van der Waals surface area contributed by atoms with Crippen LogP contribution in [0.25, 0.3) is 0 Å². The van der Waals surface area contributed by atoms with Crippen molar-refractivity contribution in [3.63, 3.8) is 0 Å². The van der Waals surface area contributed by atoms with E-state index in [2.05, 4.69) is 34.9 Å². The number of halogens is 1. The molecule has 2 nitrogen and oxygen atoms in total. The third-order valence-corrected chi connectivity index (χ3v) is 4.25. The minimum Gasteiger partial charge on any atom is -0.356 e. The molecule has 108 valence electrons. The maximum Gasteiger partial charge on any atom is 0.171 e. The number of hydrogen-bond acceptors (Lipinski definition) is 1. The van der Waals surface area contributed by atoms with Crippen molar-refractivity contribution in [3.8, 4) is 0 Å². The molecule has 2 aromatic carbocycles. The van der Waals surface area contributed by atoms with E-state index in [0.717, 1.165) is 23.6 Å². The lowest BCUT2D eigenvalue weighted by molar-refractivity contribution is 0.529. The van der Waals surface area contributed by atoms with E-state index in [9.17, 15) is 0 Å². The van der Waals surface area contributed by atoms with Crippen molar-refractivity contribution in [3.05, 3.63) is 64.7 Å². The summed E-state index contributed by atoms with van der Waals surface area (Å²) in [7, 11) is 0. The first-order chi connectivity index (χ1) is 10.2. The number of rotatable bonds is 2. The summed E-state index contributed by atoms with van der Waals surface area (Å²) in [5.74, 6) is 0. The SMILES string of the molecule is S=C(Nc1ccc(Cl)cc1)NC1CCCc2ccccc21. The zero-order valence-corrected chi connectivity index (χ0v) is 13.2. The van der Waals surface area contributed by atoms with Gasteiger partial charge in [-0.2, -0.15) is 0 Å². The molecule has 2 aromatic rings. The first-order valence-corrected chi connectivity index (χ1v) is 7.92. The molecule has 1 atom stereocenters. The van der Waals surface area contributed by atoms with Crippen LogP contribution in [0.1, 0.15) is 30.0 Å². The smallest absolute Gasteiger partial charge is 0.171 e. The van der Waals surface area contributed by atoms with Gasteiger partial charge < -0.3 is 10.6 Å². The molecule has 1 unspecified atom stereocenters. The van der Waals surface area contributed by atoms with Crippen LogP contribution in [0.2, 0.25) is 5.02 Å². The van der Waals surface area contributed by atoms with Crippen molar-refractivity contribution in [2.24, 2.45) is 0 Å². The number of hydrogen-bond donors (Lipinski definition) is 2. The fourth-order valence-electron chi connectivity index (χ4n) is 2.76. The van der Waals surface area contributed by atoms with Crippen LogP contribution in [0.3, 0.4) is 0 Å². The van der Waals surface area contributed by atoms with E-state index in [4.69, 9.17) is 23.8 Å². The molecule has 0 bridgehead atoms. The molecule has 1 aliphatic carbocycles. The van der Waals surface area contributed by atoms with Crippen LogP contribution in [0, 0.1) is 0 Å². The van der Waals surface area contributed by atoms with Gasteiger partial charge in [0, 0.05) is 10.7 Å². The van der Waals surface area contributed by atoms with Gasteiger partial charge in [0.1, 0.15) is 0 Å². The van der Waals surface area contributed by atoms with E-state index >= 15 is 0 Å². The number of fused-ring (bicyclic) bond motifs is 1. The van der Waals surface area contributed by atoms with Crippen molar-refractivity contribution in [1.82, 2.24) is 5.32 Å². The summed E-state index contributed by atoms with van der Waals surface area (Å²) in [6, 6.07) is 16.4. The standard InChI is InChI=1S/C17H17ClN2S/c18-13-8-10-14(11-9-13)19-17(21)20-16-7-3-5-12-4-1-2-6-15(12)16/h1-2,4,6,8-11,16H,3,5,7H2,(H2,19,20,21). The van der Waals surface area contributed by atoms with Gasteiger partial charge in [0.05, 0.1) is 6.04 Å². The van der Waals surface area contributed by atoms with Gasteiger partial charge in [-0.1, -0.05) is 35.9 Å². The molecule has 21 heavy (non-hydrogen) atoms. The Morgan fingerprint density at radius 1 is 1.10 bits per heavy atom. The maximum absolute atomic E-state index is 5.88. The topological polar surface area (TPSA) is 24.1 Å². The number of thiocarbonyl (C=S) groups is 1. The Labute approximate surface area is 135 Å². The molecule has 0 saturated heterocycles. The Bertz CT molecular complexity index is 639. The molecular formula is C17H17ClN2S. The third-order valence-electron chi connectivity index (χ3n) is 3.78. The Balaban J connectivity index is 1.67. The second-order valence-corrected chi connectivity index (χ2v) is 6.09. The predicted molar refractivity (Wildman–Crippen MR) is 92.9 cm³/mol. The molecule has 2 N–H and O–H groups in total. The van der Waals surface area contributed by atoms with E-state index in [1.54, 1.807) is 0 Å². The van der Waals surface area contributed by atoms with Crippen molar-refractivity contribution in [1.29, 1.82) is 0 Å². The molecule has 0 amide bonds. The summed E-state index contributed by atoms with van der Waals surface area (Å²) < 4.78 is 0. The van der Waals surface area contributed by atoms with E-state index in [-0.39, 0.29) is 0 Å². The van der Waals surface area contributed by atoms with Crippen LogP contribution in [0.15, 0.2) is 48.5 Å². The van der Waals surface area contributed by atoms with E-state index in [0.29, 0.717) is 11.2 Å². The zero-order valence-electron chi connectivity index (χ0n) is 11.6. The summed E-state index contributed by atoms with van der Waals surface area (Å²) in [6.45, 7) is 0. The molecule has 3 rings (SSSR count). The van der Waals surface area contributed by atoms with Crippen molar-refractivity contribution < 1.29 is 0 Å². The van der Waals surface area contributed by atoms with Gasteiger partial charge in [0.15, 0.2) is 5.11 Å². The molecule has 4 heteroatoms. The molecule has 1 aliphatic rings. The molecular weight excluding hydrogens is 300 g/mol. The van der Waals surface area contributed by atoms with Gasteiger partial charge in [0.25, 0.3) is 0 Å². The van der Waals surface area contributed by atoms with Gasteiger partial charge in [-0.05, 0) is 66.9 Å². The maximum atomic E-state index is 5.88. The number of benzene rings is 2. The third kappa shape index (κ3) is 3.55. The number of nitrogens with one attached hydrogen (secondary N) is 2. The average molecular weight is 317 g/mol. The van der Waals surface area contributed by atoms with Crippen LogP contribution < -0.4 is 10.6 Å². The monoisotopic (exact) mass is 316 g/mol. The number of anilines is 1. The van der Waals surface area contributed by atoms with Gasteiger partial charge in [-0.15, -0.1) is 0 Å². The highest BCUT2D eigenvalue weighted by Gasteiger charge is 2.20. The van der Waals surface area contributed by atoms with E-state index in [1.807, 2.05) is 24.3 Å². The second kappa shape index (κ2) is 6.46. The van der Waals surface area contributed by atoms with Crippen molar-refractivity contribution >= 4 is 34.6 Å². The Morgan fingerprint density at radius 2 is 1.86 bits per heavy atom. The second-order valence-electron chi connectivity index (χ2n) is 5.25. The van der Waals surface area contributed by atoms with Crippen LogP contribution >= 0.6 is 23.8 Å². The highest BCUT2D eigenvalue weighted by Crippen LogP contribution is 2.29. The van der Waals surface area contributed by atoms with E-state index in [1.165, 1.54) is 17.5 Å². The van der Waals surface area contributed by atoms with Gasteiger partial charge in [0.2, 0.25) is 0 Å². The normalized spacial score (nSPS) is 16.9. The fourth-order valence-corrected chi connectivity index (χ4v) is 3.15. The Hall–Kier alpha value is -1.58. The lowest BCUT2D eigenvalue weighted by Gasteiger charge is -2.27. The Kier molecular flexibility index (Phi) is 4.42. The highest BCUT2D eigenvalue weighted by molar-refractivity contribution is 7.80. The van der Waals surface area contributed by atoms with Crippen LogP contribution in [0.5, 0.6) is 0 Å². The summed E-state index contributed by atoms with van der Waals surface area (Å²) >= 11 is 11.3. The molecule has 0 fully saturated rings. The largest absolute Gasteiger partial charge is 0.356 e. The number of aryl methyl sites for hydroxylation is 1. The molecule has 0 spiro atoms. The minimum absolute atomic E-state index is 0.294. The molecule has 0 heterocycles. The minimum atomic E-state index is 0.294. The first kappa shape index (κ1) is 14.4. The van der Waals surface area contributed by atoms with Crippen molar-refractivity contribution in [2.75, 3.05) is 5.32 Å². The summed E-state index contributed by atoms with van der Waals surface area (Å²) in [5.41, 5.74) is 3.74. The molecule has 0 aromatic heterocycles. The molecule has 0 aliphatic heterocycles. The lowest BCUT2D eigenvalue weighted by atomic mass is 9.88. The van der Waals surface area contributed by atoms with Gasteiger partial charge >= 0.3 is 0 Å². The van der Waals surface area contributed by atoms with E-state index < -0.39 is 0 Å². The quantitative estimate of drug-likeness (QED) is 0.785. The predicted octanol–water partition coefficient (Wildman–Crippen LogP) is 4.70. The van der Waals surface area contributed by atoms with Gasteiger partial charge in [-0.25, -0.2) is 0 Å². The van der Waals surface area contributed by atoms with Crippen LogP contribution in [0.4, 0.5) is 5.69 Å². The summed E-state index contributed by atoms with van der Waals surface area (Å²) in [6.07, 6.45) is 3.46. The summed E-state index contributed by atoms with van der Waals surface area (Å²) in [4.78, 5) is 0. The summed E-state index contributed by atoms with van der Waals surface area (Å²) in [5, 5.41) is 8.01. The highest BCUT2D eigenvalue weighted by atomic mass is 35.5. The average Bonchev–Trinajstić information content (AvgIpc) is 2.50. The van der Waals surface area contributed by atoms with Crippen LogP contribution in [-0.2, 0) is 6.42 Å².